The van der Waals surface area contributed by atoms with Crippen LogP contribution >= 0.6 is 0 Å². The molecule has 3 N–H and O–H groups in total. The highest BCUT2D eigenvalue weighted by Gasteiger charge is 2.16. The standard InChI is InChI=1S/2C9H12N2.C8H11N3.2C2H6/c1-7-9-3-4-10-6-8(9)2-5-11-7;1-7-9-6-10-4-2-8(9)3-5-11-7;1-6-7-4-9-5-11-8(7)2-3-10-6;2*1-2/h3-4,6-7,11H,2,5H2,1H3;2,4,6-7,11H,3,5H2,1H3;4-6,10H,2-3H2,1H3;2*1-2H3. The fraction of sp³-hybridized carbons (Fsp3) is 0.533. The predicted octanol–water partition coefficient (Wildman–Crippen LogP) is 5.31. The van der Waals surface area contributed by atoms with Crippen LogP contribution in [0.3, 0.4) is 0 Å². The van der Waals surface area contributed by atoms with Gasteiger partial charge in [0, 0.05) is 73.3 Å². The van der Waals surface area contributed by atoms with Crippen molar-refractivity contribution in [2.75, 3.05) is 19.6 Å². The molecular formula is C30H47N7. The van der Waals surface area contributed by atoms with Gasteiger partial charge in [-0.2, -0.15) is 0 Å². The molecule has 0 spiro atoms. The van der Waals surface area contributed by atoms with E-state index in [1.54, 1.807) is 6.33 Å². The maximum atomic E-state index is 4.22. The van der Waals surface area contributed by atoms with Crippen molar-refractivity contribution in [2.45, 2.75) is 85.9 Å². The summed E-state index contributed by atoms with van der Waals surface area (Å²) in [6.07, 6.45) is 14.5. The average molecular weight is 506 g/mol. The Hall–Kier alpha value is -2.74. The van der Waals surface area contributed by atoms with Gasteiger partial charge in [-0.15, -0.1) is 0 Å². The van der Waals surface area contributed by atoms with Crippen LogP contribution in [0.1, 0.15) is 100 Å². The lowest BCUT2D eigenvalue weighted by Crippen LogP contribution is -2.28. The van der Waals surface area contributed by atoms with Crippen molar-refractivity contribution in [2.24, 2.45) is 0 Å². The molecule has 7 nitrogen and oxygen atoms in total. The summed E-state index contributed by atoms with van der Waals surface area (Å²) in [5, 5.41) is 10.2. The Labute approximate surface area is 224 Å². The van der Waals surface area contributed by atoms with Crippen molar-refractivity contribution in [1.82, 2.24) is 35.9 Å². The zero-order valence-corrected chi connectivity index (χ0v) is 23.9. The molecule has 3 atom stereocenters. The van der Waals surface area contributed by atoms with E-state index in [9.17, 15) is 0 Å². The molecule has 0 aromatic carbocycles. The van der Waals surface area contributed by atoms with Gasteiger partial charge in [-0.25, -0.2) is 9.97 Å². The van der Waals surface area contributed by atoms with E-state index < -0.39 is 0 Å². The van der Waals surface area contributed by atoms with E-state index >= 15 is 0 Å². The summed E-state index contributed by atoms with van der Waals surface area (Å²) < 4.78 is 0. The van der Waals surface area contributed by atoms with Crippen LogP contribution in [0.25, 0.3) is 0 Å². The number of nitrogens with zero attached hydrogens (tertiary/aromatic N) is 4. The Morgan fingerprint density at radius 2 is 1.14 bits per heavy atom. The molecular weight excluding hydrogens is 458 g/mol. The van der Waals surface area contributed by atoms with Crippen molar-refractivity contribution in [3.63, 3.8) is 0 Å². The van der Waals surface area contributed by atoms with Gasteiger partial charge >= 0.3 is 0 Å². The summed E-state index contributed by atoms with van der Waals surface area (Å²) in [7, 11) is 0. The molecule has 0 radical (unpaired) electrons. The topological polar surface area (TPSA) is 87.7 Å². The van der Waals surface area contributed by atoms with Crippen LogP contribution in [0, 0.1) is 0 Å². The number of hydrogen-bond donors (Lipinski definition) is 3. The maximum Gasteiger partial charge on any atom is 0.115 e. The summed E-state index contributed by atoms with van der Waals surface area (Å²) >= 11 is 0. The lowest BCUT2D eigenvalue weighted by Gasteiger charge is -2.22. The first-order valence-corrected chi connectivity index (χ1v) is 14.0. The van der Waals surface area contributed by atoms with Gasteiger partial charge in [0.25, 0.3) is 0 Å². The lowest BCUT2D eigenvalue weighted by molar-refractivity contribution is 0.529. The number of fused-ring (bicyclic) bond motifs is 3. The molecule has 37 heavy (non-hydrogen) atoms. The first-order valence-electron chi connectivity index (χ1n) is 14.0. The molecule has 0 fully saturated rings. The van der Waals surface area contributed by atoms with Gasteiger partial charge in [0.05, 0.1) is 0 Å². The van der Waals surface area contributed by atoms with Crippen LogP contribution in [-0.4, -0.2) is 39.6 Å². The van der Waals surface area contributed by atoms with Crippen LogP contribution in [0.15, 0.2) is 49.4 Å². The lowest BCUT2D eigenvalue weighted by atomic mass is 9.98. The molecule has 7 heteroatoms. The van der Waals surface area contributed by atoms with E-state index in [-0.39, 0.29) is 0 Å². The third-order valence-corrected chi connectivity index (χ3v) is 6.62. The van der Waals surface area contributed by atoms with E-state index in [1.165, 1.54) is 33.5 Å². The third-order valence-electron chi connectivity index (χ3n) is 6.62. The van der Waals surface area contributed by atoms with Gasteiger partial charge in [-0.05, 0) is 81.1 Å². The molecule has 0 saturated carbocycles. The zero-order chi connectivity index (χ0) is 27.0. The van der Waals surface area contributed by atoms with Crippen LogP contribution < -0.4 is 16.0 Å². The van der Waals surface area contributed by atoms with Crippen molar-refractivity contribution in [1.29, 1.82) is 0 Å². The van der Waals surface area contributed by atoms with Gasteiger partial charge in [0.2, 0.25) is 0 Å². The maximum absolute atomic E-state index is 4.22. The van der Waals surface area contributed by atoms with Crippen LogP contribution in [0.5, 0.6) is 0 Å². The first-order chi connectivity index (χ1) is 18.1. The van der Waals surface area contributed by atoms with Crippen LogP contribution in [0.2, 0.25) is 0 Å². The van der Waals surface area contributed by atoms with E-state index in [1.807, 2.05) is 58.7 Å². The second-order valence-electron chi connectivity index (χ2n) is 8.85. The largest absolute Gasteiger partial charge is 0.310 e. The Kier molecular flexibility index (Phi) is 13.9. The van der Waals surface area contributed by atoms with Crippen molar-refractivity contribution >= 4 is 0 Å². The van der Waals surface area contributed by atoms with Crippen molar-refractivity contribution < 1.29 is 0 Å². The SMILES string of the molecule is CC.CC.CC1NCCc2ccncc21.CC1NCCc2cnccc21.CC1NCCc2ncncc21. The van der Waals surface area contributed by atoms with Gasteiger partial charge in [0.1, 0.15) is 6.33 Å². The van der Waals surface area contributed by atoms with Gasteiger partial charge in [-0.3, -0.25) is 9.97 Å². The third kappa shape index (κ3) is 8.95. The van der Waals surface area contributed by atoms with Gasteiger partial charge < -0.3 is 16.0 Å². The van der Waals surface area contributed by atoms with Gasteiger partial charge in [-0.1, -0.05) is 27.7 Å². The highest BCUT2D eigenvalue weighted by atomic mass is 14.9. The minimum Gasteiger partial charge on any atom is -0.310 e. The Morgan fingerprint density at radius 1 is 0.595 bits per heavy atom. The molecule has 3 aromatic rings. The Bertz CT molecular complexity index is 908. The Balaban J connectivity index is 0.000000183. The van der Waals surface area contributed by atoms with E-state index in [0.29, 0.717) is 18.1 Å². The number of aromatic nitrogens is 4. The summed E-state index contributed by atoms with van der Waals surface area (Å²) in [4.78, 5) is 16.4. The van der Waals surface area contributed by atoms with E-state index in [4.69, 9.17) is 0 Å². The Morgan fingerprint density at radius 3 is 1.78 bits per heavy atom. The number of hydrogen-bond acceptors (Lipinski definition) is 7. The molecule has 3 aromatic heterocycles. The molecule has 0 saturated heterocycles. The first kappa shape index (κ1) is 30.5. The zero-order valence-electron chi connectivity index (χ0n) is 23.9. The van der Waals surface area contributed by atoms with Crippen LogP contribution in [-0.2, 0) is 19.3 Å². The highest BCUT2D eigenvalue weighted by Crippen LogP contribution is 2.21. The minimum absolute atomic E-state index is 0.417. The van der Waals surface area contributed by atoms with E-state index in [0.717, 1.165) is 38.9 Å². The molecule has 3 aliphatic heterocycles. The summed E-state index contributed by atoms with van der Waals surface area (Å²) in [5.74, 6) is 0. The molecule has 0 aliphatic carbocycles. The molecule has 0 amide bonds. The summed E-state index contributed by atoms with van der Waals surface area (Å²) in [5.41, 5.74) is 8.07. The van der Waals surface area contributed by atoms with E-state index in [2.05, 4.69) is 68.8 Å². The normalized spacial score (nSPS) is 20.7. The molecule has 0 bridgehead atoms. The second kappa shape index (κ2) is 16.9. The van der Waals surface area contributed by atoms with Crippen molar-refractivity contribution in [3.05, 3.63) is 83.0 Å². The quantitative estimate of drug-likeness (QED) is 0.381. The number of pyridine rings is 2. The average Bonchev–Trinajstić information content (AvgIpc) is 2.97. The number of nitrogens with one attached hydrogen (secondary N) is 3. The fourth-order valence-corrected chi connectivity index (χ4v) is 4.64. The number of rotatable bonds is 0. The predicted molar refractivity (Wildman–Crippen MR) is 154 cm³/mol. The second-order valence-corrected chi connectivity index (χ2v) is 8.85. The van der Waals surface area contributed by atoms with Crippen molar-refractivity contribution in [3.8, 4) is 0 Å². The highest BCUT2D eigenvalue weighted by molar-refractivity contribution is 5.29. The molecule has 6 heterocycles. The van der Waals surface area contributed by atoms with Gasteiger partial charge in [0.15, 0.2) is 0 Å². The molecule has 6 rings (SSSR count). The van der Waals surface area contributed by atoms with Crippen LogP contribution in [0.4, 0.5) is 0 Å². The monoisotopic (exact) mass is 505 g/mol. The molecule has 3 unspecified atom stereocenters. The summed E-state index contributed by atoms with van der Waals surface area (Å²) in [6.45, 7) is 17.7. The minimum atomic E-state index is 0.417. The summed E-state index contributed by atoms with van der Waals surface area (Å²) in [6, 6.07) is 5.62. The molecule has 202 valence electrons. The smallest absolute Gasteiger partial charge is 0.115 e. The molecule has 3 aliphatic rings. The fourth-order valence-electron chi connectivity index (χ4n) is 4.64.